The minimum Gasteiger partial charge on any atom is -0.383 e. The molecular weight excluding hydrogens is 186 g/mol. The lowest BCUT2D eigenvalue weighted by atomic mass is 10.2. The summed E-state index contributed by atoms with van der Waals surface area (Å²) in [5, 5.41) is 6.72. The average Bonchev–Trinajstić information content (AvgIpc) is 2.14. The molecule has 3 heteroatoms. The van der Waals surface area contributed by atoms with Crippen LogP contribution in [0.25, 0.3) is 0 Å². The minimum atomic E-state index is 0.457. The summed E-state index contributed by atoms with van der Waals surface area (Å²) >= 11 is 0. The molecule has 84 valence electrons. The Morgan fingerprint density at radius 2 is 1.93 bits per heavy atom. The van der Waals surface area contributed by atoms with Crippen LogP contribution in [0.1, 0.15) is 33.4 Å². The van der Waals surface area contributed by atoms with Crippen molar-refractivity contribution in [3.63, 3.8) is 0 Å². The van der Waals surface area contributed by atoms with Crippen LogP contribution in [0, 0.1) is 0 Å². The lowest BCUT2D eigenvalue weighted by molar-refractivity contribution is 0.581. The van der Waals surface area contributed by atoms with Gasteiger partial charge in [0.2, 0.25) is 0 Å². The lowest BCUT2D eigenvalue weighted by Gasteiger charge is -2.12. The molecule has 3 nitrogen and oxygen atoms in total. The number of hydrogen-bond donors (Lipinski definition) is 2. The highest BCUT2D eigenvalue weighted by atomic mass is 14.9. The maximum Gasteiger partial charge on any atom is 0.0562 e. The summed E-state index contributed by atoms with van der Waals surface area (Å²) in [6.07, 6.45) is 1.85. The predicted molar refractivity (Wildman–Crippen MR) is 65.0 cm³/mol. The molecule has 0 spiro atoms. The first kappa shape index (κ1) is 12.0. The maximum atomic E-state index is 4.32. The van der Waals surface area contributed by atoms with E-state index in [1.807, 2.05) is 12.3 Å². The number of pyridine rings is 1. The van der Waals surface area contributed by atoms with Crippen molar-refractivity contribution in [2.75, 3.05) is 5.32 Å². The van der Waals surface area contributed by atoms with E-state index in [1.54, 1.807) is 0 Å². The minimum absolute atomic E-state index is 0.457. The molecule has 0 unspecified atom stereocenters. The average molecular weight is 207 g/mol. The zero-order valence-electron chi connectivity index (χ0n) is 10.0. The summed E-state index contributed by atoms with van der Waals surface area (Å²) in [6, 6.07) is 5.04. The molecule has 0 saturated heterocycles. The highest BCUT2D eigenvalue weighted by Crippen LogP contribution is 2.09. The molecule has 0 amide bonds. The van der Waals surface area contributed by atoms with E-state index in [0.717, 1.165) is 17.9 Å². The van der Waals surface area contributed by atoms with Gasteiger partial charge in [-0.3, -0.25) is 4.98 Å². The third-order valence-electron chi connectivity index (χ3n) is 1.96. The van der Waals surface area contributed by atoms with E-state index in [1.165, 1.54) is 0 Å². The van der Waals surface area contributed by atoms with Crippen molar-refractivity contribution in [2.45, 2.75) is 46.3 Å². The third kappa shape index (κ3) is 4.79. The van der Waals surface area contributed by atoms with Gasteiger partial charge in [0.1, 0.15) is 0 Å². The number of rotatable bonds is 5. The Hall–Kier alpha value is -1.09. The van der Waals surface area contributed by atoms with Crippen molar-refractivity contribution in [3.05, 3.63) is 24.0 Å². The Bertz CT molecular complexity index is 295. The van der Waals surface area contributed by atoms with Gasteiger partial charge in [-0.2, -0.15) is 0 Å². The fourth-order valence-corrected chi connectivity index (χ4v) is 1.31. The molecule has 0 bridgehead atoms. The number of hydrogen-bond acceptors (Lipinski definition) is 3. The summed E-state index contributed by atoms with van der Waals surface area (Å²) in [5.41, 5.74) is 2.22. The normalized spacial score (nSPS) is 11.1. The van der Waals surface area contributed by atoms with Crippen LogP contribution in [-0.4, -0.2) is 17.1 Å². The molecule has 0 radical (unpaired) electrons. The molecule has 1 aromatic rings. The maximum absolute atomic E-state index is 4.32. The summed E-state index contributed by atoms with van der Waals surface area (Å²) < 4.78 is 0. The van der Waals surface area contributed by atoms with Gasteiger partial charge in [0.25, 0.3) is 0 Å². The van der Waals surface area contributed by atoms with Crippen LogP contribution in [0.2, 0.25) is 0 Å². The van der Waals surface area contributed by atoms with Gasteiger partial charge in [-0.25, -0.2) is 0 Å². The van der Waals surface area contributed by atoms with E-state index in [0.29, 0.717) is 12.1 Å². The third-order valence-corrected chi connectivity index (χ3v) is 1.96. The molecule has 2 N–H and O–H groups in total. The van der Waals surface area contributed by atoms with Crippen molar-refractivity contribution < 1.29 is 0 Å². The second kappa shape index (κ2) is 5.71. The molecule has 0 aliphatic heterocycles. The number of nitrogens with zero attached hydrogens (tertiary/aromatic N) is 1. The van der Waals surface area contributed by atoms with E-state index in [2.05, 4.69) is 49.4 Å². The molecule has 0 aromatic carbocycles. The summed E-state index contributed by atoms with van der Waals surface area (Å²) in [5.74, 6) is 0. The van der Waals surface area contributed by atoms with Crippen LogP contribution < -0.4 is 10.6 Å². The van der Waals surface area contributed by atoms with Crippen LogP contribution in [0.3, 0.4) is 0 Å². The monoisotopic (exact) mass is 207 g/mol. The molecule has 1 heterocycles. The highest BCUT2D eigenvalue weighted by Gasteiger charge is 1.99. The molecular formula is C12H21N3. The van der Waals surface area contributed by atoms with Gasteiger partial charge < -0.3 is 10.6 Å². The van der Waals surface area contributed by atoms with Crippen molar-refractivity contribution in [3.8, 4) is 0 Å². The topological polar surface area (TPSA) is 37.0 Å². The van der Waals surface area contributed by atoms with Crippen molar-refractivity contribution >= 4 is 5.69 Å². The van der Waals surface area contributed by atoms with E-state index >= 15 is 0 Å². The summed E-state index contributed by atoms with van der Waals surface area (Å²) in [7, 11) is 0. The zero-order valence-corrected chi connectivity index (χ0v) is 10.0. The molecule has 1 aromatic heterocycles. The Kier molecular flexibility index (Phi) is 4.56. The van der Waals surface area contributed by atoms with Crippen LogP contribution in [-0.2, 0) is 6.54 Å². The highest BCUT2D eigenvalue weighted by molar-refractivity contribution is 5.43. The number of anilines is 1. The van der Waals surface area contributed by atoms with E-state index in [-0.39, 0.29) is 0 Å². The van der Waals surface area contributed by atoms with E-state index < -0.39 is 0 Å². The fourth-order valence-electron chi connectivity index (χ4n) is 1.31. The first-order valence-electron chi connectivity index (χ1n) is 5.53. The molecule has 1 rings (SSSR count). The second-order valence-corrected chi connectivity index (χ2v) is 4.37. The van der Waals surface area contributed by atoms with Crippen molar-refractivity contribution in [1.82, 2.24) is 10.3 Å². The Balaban J connectivity index is 2.57. The number of nitrogens with one attached hydrogen (secondary N) is 2. The molecule has 15 heavy (non-hydrogen) atoms. The molecule has 0 atom stereocenters. The van der Waals surface area contributed by atoms with Gasteiger partial charge in [0, 0.05) is 30.5 Å². The van der Waals surface area contributed by atoms with E-state index in [9.17, 15) is 0 Å². The van der Waals surface area contributed by atoms with Gasteiger partial charge in [-0.15, -0.1) is 0 Å². The predicted octanol–water partition coefficient (Wildman–Crippen LogP) is 2.40. The van der Waals surface area contributed by atoms with Crippen LogP contribution >= 0.6 is 0 Å². The van der Waals surface area contributed by atoms with Gasteiger partial charge in [0.15, 0.2) is 0 Å². The lowest BCUT2D eigenvalue weighted by Crippen LogP contribution is -2.22. The second-order valence-electron chi connectivity index (χ2n) is 4.37. The standard InChI is InChI=1S/C12H21N3/c1-9(2)14-8-12-7-11(5-6-13-12)15-10(3)4/h5-7,9-10,14H,8H2,1-4H3,(H,13,15). The summed E-state index contributed by atoms with van der Waals surface area (Å²) in [6.45, 7) is 9.36. The fraction of sp³-hybridized carbons (Fsp3) is 0.583. The van der Waals surface area contributed by atoms with Gasteiger partial charge in [-0.1, -0.05) is 13.8 Å². The largest absolute Gasteiger partial charge is 0.383 e. The number of aromatic nitrogens is 1. The Labute approximate surface area is 92.3 Å². The quantitative estimate of drug-likeness (QED) is 0.778. The summed E-state index contributed by atoms with van der Waals surface area (Å²) in [4.78, 5) is 4.32. The van der Waals surface area contributed by atoms with Gasteiger partial charge >= 0.3 is 0 Å². The Morgan fingerprint density at radius 3 is 2.53 bits per heavy atom. The van der Waals surface area contributed by atoms with Crippen LogP contribution in [0.15, 0.2) is 18.3 Å². The molecule has 0 fully saturated rings. The van der Waals surface area contributed by atoms with Gasteiger partial charge in [-0.05, 0) is 26.0 Å². The van der Waals surface area contributed by atoms with Crippen LogP contribution in [0.4, 0.5) is 5.69 Å². The Morgan fingerprint density at radius 1 is 1.20 bits per heavy atom. The first-order chi connectivity index (χ1) is 7.08. The SMILES string of the molecule is CC(C)NCc1cc(NC(C)C)ccn1. The van der Waals surface area contributed by atoms with Crippen molar-refractivity contribution in [2.24, 2.45) is 0 Å². The van der Waals surface area contributed by atoms with Gasteiger partial charge in [0.05, 0.1) is 5.69 Å². The van der Waals surface area contributed by atoms with E-state index in [4.69, 9.17) is 0 Å². The van der Waals surface area contributed by atoms with Crippen LogP contribution in [0.5, 0.6) is 0 Å². The zero-order chi connectivity index (χ0) is 11.3. The van der Waals surface area contributed by atoms with Crippen molar-refractivity contribution in [1.29, 1.82) is 0 Å². The smallest absolute Gasteiger partial charge is 0.0562 e. The molecule has 0 aliphatic rings. The molecule has 0 aliphatic carbocycles. The first-order valence-corrected chi connectivity index (χ1v) is 5.53. The molecule has 0 saturated carbocycles.